The Balaban J connectivity index is 2.43. The third-order valence-corrected chi connectivity index (χ3v) is 3.42. The molecule has 7 heteroatoms. The van der Waals surface area contributed by atoms with Crippen molar-refractivity contribution >= 4 is 17.8 Å². The Labute approximate surface area is 122 Å². The first-order chi connectivity index (χ1) is 9.95. The Bertz CT molecular complexity index is 491. The van der Waals surface area contributed by atoms with Gasteiger partial charge < -0.3 is 20.2 Å². The molecule has 0 aliphatic heterocycles. The number of nitrogens with one attached hydrogen (secondary N) is 2. The fraction of sp³-hybridized carbons (Fsp3) is 0.500. The van der Waals surface area contributed by atoms with Gasteiger partial charge in [0.25, 0.3) is 5.91 Å². The number of amides is 2. The van der Waals surface area contributed by atoms with Crippen LogP contribution in [0.4, 0.5) is 0 Å². The average Bonchev–Trinajstić information content (AvgIpc) is 2.98. The Kier molecular flexibility index (Phi) is 5.95. The van der Waals surface area contributed by atoms with Gasteiger partial charge in [-0.15, -0.1) is 0 Å². The molecule has 0 atom stereocenters. The Morgan fingerprint density at radius 1 is 1.29 bits per heavy atom. The summed E-state index contributed by atoms with van der Waals surface area (Å²) in [5.41, 5.74) is -0.872. The maximum Gasteiger partial charge on any atom is 0.329 e. The van der Waals surface area contributed by atoms with Gasteiger partial charge in [-0.3, -0.25) is 9.59 Å². The minimum absolute atomic E-state index is 0.0125. The molecule has 0 aliphatic carbocycles. The molecule has 116 valence electrons. The van der Waals surface area contributed by atoms with Crippen LogP contribution in [-0.2, 0) is 9.59 Å². The first-order valence-electron chi connectivity index (χ1n) is 6.80. The van der Waals surface area contributed by atoms with Gasteiger partial charge in [0.15, 0.2) is 0 Å². The minimum Gasteiger partial charge on any atom is -0.480 e. The summed E-state index contributed by atoms with van der Waals surface area (Å²) < 4.78 is 4.78. The number of carbonyl (C=O) groups is 3. The Morgan fingerprint density at radius 3 is 2.43 bits per heavy atom. The van der Waals surface area contributed by atoms with E-state index in [-0.39, 0.29) is 18.9 Å². The van der Waals surface area contributed by atoms with E-state index in [0.29, 0.717) is 18.4 Å². The van der Waals surface area contributed by atoms with Crippen LogP contribution in [0.2, 0.25) is 0 Å². The summed E-state index contributed by atoms with van der Waals surface area (Å²) in [6.45, 7) is 3.54. The predicted octanol–water partition coefficient (Wildman–Crippen LogP) is 1.16. The molecule has 0 saturated carbocycles. The molecule has 0 saturated heterocycles. The van der Waals surface area contributed by atoms with Crippen LogP contribution >= 0.6 is 0 Å². The second-order valence-electron chi connectivity index (χ2n) is 4.66. The lowest BCUT2D eigenvalue weighted by Gasteiger charge is -2.28. The predicted molar refractivity (Wildman–Crippen MR) is 74.7 cm³/mol. The summed E-state index contributed by atoms with van der Waals surface area (Å²) >= 11 is 0. The SMILES string of the molecule is CCC(CC)(NC(=O)CCNC(=O)c1ccoc1)C(=O)O. The summed E-state index contributed by atoms with van der Waals surface area (Å²) in [5.74, 6) is -1.80. The molecule has 0 aromatic carbocycles. The number of carboxylic acid groups (broad SMARTS) is 1. The van der Waals surface area contributed by atoms with Crippen molar-refractivity contribution in [3.05, 3.63) is 24.2 Å². The fourth-order valence-corrected chi connectivity index (χ4v) is 1.90. The molecule has 0 bridgehead atoms. The molecule has 0 aliphatic rings. The zero-order valence-electron chi connectivity index (χ0n) is 12.1. The summed E-state index contributed by atoms with van der Waals surface area (Å²) in [4.78, 5) is 34.7. The summed E-state index contributed by atoms with van der Waals surface area (Å²) in [7, 11) is 0. The van der Waals surface area contributed by atoms with Crippen molar-refractivity contribution in [1.82, 2.24) is 10.6 Å². The van der Waals surface area contributed by atoms with Gasteiger partial charge in [0.2, 0.25) is 5.91 Å². The highest BCUT2D eigenvalue weighted by molar-refractivity contribution is 5.94. The molecular weight excluding hydrogens is 276 g/mol. The van der Waals surface area contributed by atoms with E-state index in [2.05, 4.69) is 10.6 Å². The molecule has 0 spiro atoms. The Morgan fingerprint density at radius 2 is 1.95 bits per heavy atom. The molecule has 1 aromatic rings. The highest BCUT2D eigenvalue weighted by atomic mass is 16.4. The van der Waals surface area contributed by atoms with Crippen LogP contribution in [0.5, 0.6) is 0 Å². The van der Waals surface area contributed by atoms with Crippen LogP contribution in [0.25, 0.3) is 0 Å². The number of hydrogen-bond donors (Lipinski definition) is 3. The van der Waals surface area contributed by atoms with E-state index < -0.39 is 17.4 Å². The van der Waals surface area contributed by atoms with Crippen LogP contribution in [-0.4, -0.2) is 35.0 Å². The molecule has 3 N–H and O–H groups in total. The molecule has 1 heterocycles. The monoisotopic (exact) mass is 296 g/mol. The van der Waals surface area contributed by atoms with Crippen molar-refractivity contribution in [3.8, 4) is 0 Å². The highest BCUT2D eigenvalue weighted by Gasteiger charge is 2.36. The zero-order valence-corrected chi connectivity index (χ0v) is 12.1. The van der Waals surface area contributed by atoms with Gasteiger partial charge in [-0.2, -0.15) is 0 Å². The van der Waals surface area contributed by atoms with Crippen molar-refractivity contribution in [1.29, 1.82) is 0 Å². The minimum atomic E-state index is -1.24. The zero-order chi connectivity index (χ0) is 15.9. The smallest absolute Gasteiger partial charge is 0.329 e. The molecule has 0 radical (unpaired) electrons. The van der Waals surface area contributed by atoms with Gasteiger partial charge in [-0.05, 0) is 18.9 Å². The molecule has 1 aromatic heterocycles. The average molecular weight is 296 g/mol. The van der Waals surface area contributed by atoms with E-state index in [1.54, 1.807) is 13.8 Å². The molecule has 7 nitrogen and oxygen atoms in total. The number of hydrogen-bond acceptors (Lipinski definition) is 4. The summed E-state index contributed by atoms with van der Waals surface area (Å²) in [6.07, 6.45) is 3.29. The number of furan rings is 1. The molecular formula is C14H20N2O5. The van der Waals surface area contributed by atoms with Crippen LogP contribution in [0.15, 0.2) is 23.0 Å². The van der Waals surface area contributed by atoms with E-state index in [1.807, 2.05) is 0 Å². The number of aliphatic carboxylic acids is 1. The van der Waals surface area contributed by atoms with Gasteiger partial charge in [-0.1, -0.05) is 13.8 Å². The van der Waals surface area contributed by atoms with Crippen molar-refractivity contribution in [2.24, 2.45) is 0 Å². The maximum absolute atomic E-state index is 11.8. The quantitative estimate of drug-likeness (QED) is 0.667. The molecule has 0 fully saturated rings. The van der Waals surface area contributed by atoms with E-state index in [9.17, 15) is 19.5 Å². The number of rotatable bonds is 8. The molecule has 21 heavy (non-hydrogen) atoms. The van der Waals surface area contributed by atoms with Gasteiger partial charge in [0.05, 0.1) is 11.8 Å². The van der Waals surface area contributed by atoms with Gasteiger partial charge in [0, 0.05) is 13.0 Å². The van der Waals surface area contributed by atoms with Gasteiger partial charge in [-0.25, -0.2) is 4.79 Å². The lowest BCUT2D eigenvalue weighted by atomic mass is 9.93. The summed E-state index contributed by atoms with van der Waals surface area (Å²) in [5, 5.41) is 14.3. The highest BCUT2D eigenvalue weighted by Crippen LogP contribution is 2.15. The Hall–Kier alpha value is -2.31. The normalized spacial score (nSPS) is 11.0. The van der Waals surface area contributed by atoms with Gasteiger partial charge in [0.1, 0.15) is 11.8 Å². The number of carboxylic acids is 1. The maximum atomic E-state index is 11.8. The fourth-order valence-electron chi connectivity index (χ4n) is 1.90. The van der Waals surface area contributed by atoms with E-state index in [0.717, 1.165) is 0 Å². The lowest BCUT2D eigenvalue weighted by Crippen LogP contribution is -2.54. The van der Waals surface area contributed by atoms with Crippen LogP contribution < -0.4 is 10.6 Å². The van der Waals surface area contributed by atoms with Gasteiger partial charge >= 0.3 is 5.97 Å². The van der Waals surface area contributed by atoms with Crippen molar-refractivity contribution in [3.63, 3.8) is 0 Å². The molecule has 2 amide bonds. The van der Waals surface area contributed by atoms with E-state index in [4.69, 9.17) is 4.42 Å². The topological polar surface area (TPSA) is 109 Å². The molecule has 0 unspecified atom stereocenters. The lowest BCUT2D eigenvalue weighted by molar-refractivity contribution is -0.148. The standard InChI is InChI=1S/C14H20N2O5/c1-3-14(4-2,13(19)20)16-11(17)5-7-15-12(18)10-6-8-21-9-10/h6,8-9H,3-5,7H2,1-2H3,(H,15,18)(H,16,17)(H,19,20). The van der Waals surface area contributed by atoms with Crippen LogP contribution in [0.1, 0.15) is 43.5 Å². The van der Waals surface area contributed by atoms with E-state index in [1.165, 1.54) is 18.6 Å². The van der Waals surface area contributed by atoms with Crippen molar-refractivity contribution in [2.75, 3.05) is 6.54 Å². The summed E-state index contributed by atoms with van der Waals surface area (Å²) in [6, 6.07) is 1.51. The second kappa shape index (κ2) is 7.47. The van der Waals surface area contributed by atoms with Crippen molar-refractivity contribution < 1.29 is 23.9 Å². The third-order valence-electron chi connectivity index (χ3n) is 3.42. The largest absolute Gasteiger partial charge is 0.480 e. The third kappa shape index (κ3) is 4.34. The second-order valence-corrected chi connectivity index (χ2v) is 4.66. The van der Waals surface area contributed by atoms with Crippen LogP contribution in [0, 0.1) is 0 Å². The first-order valence-corrected chi connectivity index (χ1v) is 6.80. The van der Waals surface area contributed by atoms with E-state index >= 15 is 0 Å². The van der Waals surface area contributed by atoms with Crippen LogP contribution in [0.3, 0.4) is 0 Å². The number of carbonyl (C=O) groups excluding carboxylic acids is 2. The first kappa shape index (κ1) is 16.7. The molecule has 1 rings (SSSR count). The van der Waals surface area contributed by atoms with Crippen molar-refractivity contribution in [2.45, 2.75) is 38.6 Å².